The van der Waals surface area contributed by atoms with Crippen LogP contribution < -0.4 is 9.64 Å². The lowest BCUT2D eigenvalue weighted by atomic mass is 9.90. The highest BCUT2D eigenvalue weighted by molar-refractivity contribution is 6.10. The molecule has 1 unspecified atom stereocenters. The van der Waals surface area contributed by atoms with Gasteiger partial charge in [-0.25, -0.2) is 4.98 Å². The highest BCUT2D eigenvalue weighted by atomic mass is 16.5. The van der Waals surface area contributed by atoms with Crippen LogP contribution in [0.5, 0.6) is 5.75 Å². The average Bonchev–Trinajstić information content (AvgIpc) is 3.86. The van der Waals surface area contributed by atoms with E-state index in [9.17, 15) is 0 Å². The number of rotatable bonds is 5. The van der Waals surface area contributed by atoms with Gasteiger partial charge in [0.05, 0.1) is 17.2 Å². The van der Waals surface area contributed by atoms with Gasteiger partial charge in [-0.15, -0.1) is 0 Å². The molecule has 8 aromatic rings. The minimum absolute atomic E-state index is 0.126. The summed E-state index contributed by atoms with van der Waals surface area (Å²) in [6.07, 6.45) is 7.18. The van der Waals surface area contributed by atoms with E-state index in [4.69, 9.17) is 18.6 Å². The summed E-state index contributed by atoms with van der Waals surface area (Å²) in [6, 6.07) is 45.8. The Morgan fingerprint density at radius 1 is 0.646 bits per heavy atom. The molecule has 1 aliphatic carbocycles. The smallest absolute Gasteiger partial charge is 0.227 e. The van der Waals surface area contributed by atoms with Gasteiger partial charge in [-0.3, -0.25) is 0 Å². The van der Waals surface area contributed by atoms with Gasteiger partial charge in [-0.2, -0.15) is 0 Å². The summed E-state index contributed by atoms with van der Waals surface area (Å²) >= 11 is 0. The summed E-state index contributed by atoms with van der Waals surface area (Å²) < 4.78 is 19.5. The molecule has 0 radical (unpaired) electrons. The Balaban J connectivity index is 1.13. The number of furan rings is 1. The Hall–Kier alpha value is -6.33. The summed E-state index contributed by atoms with van der Waals surface area (Å²) in [4.78, 5) is 7.35. The van der Waals surface area contributed by atoms with Crippen molar-refractivity contribution in [2.45, 2.75) is 12.3 Å². The first kappa shape index (κ1) is 26.8. The predicted octanol–water partition coefficient (Wildman–Crippen LogP) is 11.9. The number of ether oxygens (including phenoxy) is 1. The third-order valence-corrected chi connectivity index (χ3v) is 9.45. The molecule has 0 amide bonds. The van der Waals surface area contributed by atoms with Crippen LogP contribution in [0.15, 0.2) is 166 Å². The number of anilines is 3. The minimum atomic E-state index is 0.126. The number of oxazole rings is 1. The van der Waals surface area contributed by atoms with Crippen molar-refractivity contribution in [1.29, 1.82) is 0 Å². The molecule has 0 spiro atoms. The van der Waals surface area contributed by atoms with Crippen molar-refractivity contribution in [2.75, 3.05) is 4.90 Å². The number of aromatic nitrogens is 1. The van der Waals surface area contributed by atoms with Crippen molar-refractivity contribution in [3.63, 3.8) is 0 Å². The second kappa shape index (κ2) is 10.6. The van der Waals surface area contributed by atoms with Crippen LogP contribution in [-0.2, 0) is 0 Å². The zero-order valence-corrected chi connectivity index (χ0v) is 25.8. The maximum Gasteiger partial charge on any atom is 0.227 e. The van der Waals surface area contributed by atoms with Gasteiger partial charge in [-0.1, -0.05) is 91.0 Å². The van der Waals surface area contributed by atoms with Crippen molar-refractivity contribution in [1.82, 2.24) is 4.98 Å². The van der Waals surface area contributed by atoms with Crippen molar-refractivity contribution >= 4 is 50.1 Å². The maximum absolute atomic E-state index is 6.59. The van der Waals surface area contributed by atoms with Crippen LogP contribution in [0, 0.1) is 0 Å². The Kier molecular flexibility index (Phi) is 5.93. The first-order valence-corrected chi connectivity index (χ1v) is 16.2. The van der Waals surface area contributed by atoms with E-state index in [0.717, 1.165) is 90.3 Å². The molecule has 0 saturated heterocycles. The molecule has 48 heavy (non-hydrogen) atoms. The normalized spacial score (nSPS) is 15.0. The van der Waals surface area contributed by atoms with Gasteiger partial charge in [0.1, 0.15) is 22.6 Å². The molecular weight excluding hydrogens is 592 g/mol. The van der Waals surface area contributed by atoms with Gasteiger partial charge < -0.3 is 18.5 Å². The van der Waals surface area contributed by atoms with Gasteiger partial charge >= 0.3 is 0 Å². The van der Waals surface area contributed by atoms with E-state index in [1.54, 1.807) is 0 Å². The lowest BCUT2D eigenvalue weighted by Crippen LogP contribution is -2.10. The van der Waals surface area contributed by atoms with E-state index in [1.807, 2.05) is 48.5 Å². The second-order valence-electron chi connectivity index (χ2n) is 12.3. The Morgan fingerprint density at radius 2 is 1.40 bits per heavy atom. The van der Waals surface area contributed by atoms with E-state index < -0.39 is 0 Å². The van der Waals surface area contributed by atoms with Crippen LogP contribution in [0.1, 0.15) is 17.9 Å². The SMILES string of the molecule is C1=CCC2C(=C1)Oc1cc(-c3ccc(N(c4ccccc4)c4cccc5c4oc4ccccc45)cc3)c3nc(-c4ccccc4)oc3c12. The number of hydrogen-bond donors (Lipinski definition) is 0. The van der Waals surface area contributed by atoms with Crippen molar-refractivity contribution < 1.29 is 13.6 Å². The van der Waals surface area contributed by atoms with E-state index in [1.165, 1.54) is 0 Å². The predicted molar refractivity (Wildman–Crippen MR) is 192 cm³/mol. The summed E-state index contributed by atoms with van der Waals surface area (Å²) in [5.74, 6) is 2.52. The summed E-state index contributed by atoms with van der Waals surface area (Å²) in [5.41, 5.74) is 10.4. The zero-order valence-electron chi connectivity index (χ0n) is 25.8. The molecule has 1 aliphatic heterocycles. The van der Waals surface area contributed by atoms with Crippen LogP contribution in [0.3, 0.4) is 0 Å². The monoisotopic (exact) mass is 620 g/mol. The fourth-order valence-corrected chi connectivity index (χ4v) is 7.22. The third-order valence-electron chi connectivity index (χ3n) is 9.45. The lowest BCUT2D eigenvalue weighted by molar-refractivity contribution is 0.425. The van der Waals surface area contributed by atoms with E-state index in [0.29, 0.717) is 5.89 Å². The van der Waals surface area contributed by atoms with Crippen molar-refractivity contribution in [3.05, 3.63) is 163 Å². The fourth-order valence-electron chi connectivity index (χ4n) is 7.22. The van der Waals surface area contributed by atoms with Crippen LogP contribution in [0.2, 0.25) is 0 Å². The second-order valence-corrected chi connectivity index (χ2v) is 12.3. The number of para-hydroxylation sites is 3. The topological polar surface area (TPSA) is 51.6 Å². The number of hydrogen-bond acceptors (Lipinski definition) is 5. The van der Waals surface area contributed by atoms with E-state index in [2.05, 4.69) is 108 Å². The minimum Gasteiger partial charge on any atom is -0.461 e. The largest absolute Gasteiger partial charge is 0.461 e. The molecule has 6 aromatic carbocycles. The number of fused-ring (bicyclic) bond motifs is 8. The summed E-state index contributed by atoms with van der Waals surface area (Å²) in [7, 11) is 0. The maximum atomic E-state index is 6.59. The van der Waals surface area contributed by atoms with Gasteiger partial charge in [0.25, 0.3) is 0 Å². The molecule has 10 rings (SSSR count). The van der Waals surface area contributed by atoms with Crippen molar-refractivity contribution in [3.8, 4) is 28.3 Å². The quantitative estimate of drug-likeness (QED) is 0.192. The highest BCUT2D eigenvalue weighted by Gasteiger charge is 2.35. The van der Waals surface area contributed by atoms with Gasteiger partial charge in [0.2, 0.25) is 5.89 Å². The molecular formula is C43H28N2O3. The molecule has 0 fully saturated rings. The molecule has 3 heterocycles. The number of allylic oxidation sites excluding steroid dienone is 4. The molecule has 228 valence electrons. The summed E-state index contributed by atoms with van der Waals surface area (Å²) in [6.45, 7) is 0. The highest BCUT2D eigenvalue weighted by Crippen LogP contribution is 2.51. The molecule has 0 bridgehead atoms. The molecule has 5 nitrogen and oxygen atoms in total. The zero-order chi connectivity index (χ0) is 31.6. The van der Waals surface area contributed by atoms with Crippen LogP contribution in [0.4, 0.5) is 17.1 Å². The van der Waals surface area contributed by atoms with Gasteiger partial charge in [-0.05, 0) is 72.7 Å². The van der Waals surface area contributed by atoms with Gasteiger partial charge in [0, 0.05) is 33.3 Å². The standard InChI is InChI=1S/C43H28N2O3/c1-3-12-28(13-4-1)43-44-40-34(26-38-39(42(40)48-43)33-17-8-10-21-37(33)46-38)27-22-24-30(25-23-27)45(29-14-5-2-6-15-29)35-19-11-18-32-31-16-7-9-20-36(31)47-41(32)35/h1-16,18-26,33H,17H2. The number of nitrogens with zero attached hydrogens (tertiary/aromatic N) is 2. The first-order valence-electron chi connectivity index (χ1n) is 16.2. The number of benzene rings is 6. The molecule has 2 aliphatic rings. The Bertz CT molecular complexity index is 2560. The van der Waals surface area contributed by atoms with Crippen LogP contribution in [0.25, 0.3) is 55.6 Å². The Labute approximate surface area is 276 Å². The molecule has 0 saturated carbocycles. The molecule has 0 N–H and O–H groups in total. The average molecular weight is 621 g/mol. The van der Waals surface area contributed by atoms with E-state index in [-0.39, 0.29) is 5.92 Å². The van der Waals surface area contributed by atoms with Crippen LogP contribution in [-0.4, -0.2) is 4.98 Å². The molecule has 5 heteroatoms. The molecule has 1 atom stereocenters. The van der Waals surface area contributed by atoms with Crippen molar-refractivity contribution in [2.24, 2.45) is 0 Å². The fraction of sp³-hybridized carbons (Fsp3) is 0.0465. The first-order chi connectivity index (χ1) is 23.8. The lowest BCUT2D eigenvalue weighted by Gasteiger charge is -2.25. The van der Waals surface area contributed by atoms with E-state index >= 15 is 0 Å². The molecule has 2 aromatic heterocycles. The Morgan fingerprint density at radius 3 is 2.25 bits per heavy atom. The summed E-state index contributed by atoms with van der Waals surface area (Å²) in [5, 5.41) is 2.20. The van der Waals surface area contributed by atoms with Gasteiger partial charge in [0.15, 0.2) is 11.2 Å². The third kappa shape index (κ3) is 4.14. The van der Waals surface area contributed by atoms with Crippen LogP contribution >= 0.6 is 0 Å².